The van der Waals surface area contributed by atoms with Crippen LogP contribution in [0.15, 0.2) is 12.7 Å². The average Bonchev–Trinajstić information content (AvgIpc) is 1.85. The highest BCUT2D eigenvalue weighted by molar-refractivity contribution is 5.81. The Morgan fingerprint density at radius 2 is 1.92 bits per heavy atom. The molecule has 0 aliphatic carbocycles. The largest absolute Gasteiger partial charge is 1.00 e. The number of rotatable bonds is 3. The molecule has 0 aromatic rings. The highest BCUT2D eigenvalue weighted by atomic mass is 79.9. The van der Waals surface area contributed by atoms with Crippen molar-refractivity contribution in [1.82, 2.24) is 0 Å². The molecule has 0 spiro atoms. The van der Waals surface area contributed by atoms with Crippen LogP contribution < -0.4 is 17.0 Å². The van der Waals surface area contributed by atoms with Crippen LogP contribution in [-0.4, -0.2) is 37.8 Å². The molecule has 0 fully saturated rings. The lowest BCUT2D eigenvalue weighted by Crippen LogP contribution is -3.00. The smallest absolute Gasteiger partial charge is 0.334 e. The number of carbonyl (C=O) groups is 1. The quantitative estimate of drug-likeness (QED) is 0.241. The molecule has 0 bridgehead atoms. The maximum absolute atomic E-state index is 10.7. The molecule has 0 saturated carbocycles. The summed E-state index contributed by atoms with van der Waals surface area (Å²) in [7, 11) is 5.88. The van der Waals surface area contributed by atoms with Gasteiger partial charge in [0, 0.05) is 13.0 Å². The van der Waals surface area contributed by atoms with Gasteiger partial charge in [-0.05, 0) is 0 Å². The van der Waals surface area contributed by atoms with Gasteiger partial charge in [0.1, 0.15) is 0 Å². The van der Waals surface area contributed by atoms with E-state index in [2.05, 4.69) is 6.58 Å². The summed E-state index contributed by atoms with van der Waals surface area (Å²) in [5.41, 5.74) is 0. The molecule has 0 rings (SSSR count). The number of hydrogen-bond acceptors (Lipinski definition) is 2. The van der Waals surface area contributed by atoms with Crippen molar-refractivity contribution in [3.05, 3.63) is 12.7 Å². The molecule has 0 heterocycles. The second-order valence-electron chi connectivity index (χ2n) is 3.36. The molecule has 0 aromatic carbocycles. The molecule has 1 unspecified atom stereocenters. The summed E-state index contributed by atoms with van der Waals surface area (Å²) in [6.45, 7) is 5.16. The van der Waals surface area contributed by atoms with Crippen LogP contribution in [0.4, 0.5) is 0 Å². The van der Waals surface area contributed by atoms with Gasteiger partial charge in [0.2, 0.25) is 6.23 Å². The van der Waals surface area contributed by atoms with E-state index in [4.69, 9.17) is 4.74 Å². The fourth-order valence-corrected chi connectivity index (χ4v) is 0.374. The second-order valence-corrected chi connectivity index (χ2v) is 3.36. The molecule has 4 heteroatoms. The molecule has 3 nitrogen and oxygen atoms in total. The third kappa shape index (κ3) is 5.32. The zero-order chi connectivity index (χ0) is 9.07. The summed E-state index contributed by atoms with van der Waals surface area (Å²) < 4.78 is 5.58. The molecule has 1 atom stereocenters. The van der Waals surface area contributed by atoms with Crippen LogP contribution in [0.25, 0.3) is 0 Å². The monoisotopic (exact) mass is 237 g/mol. The number of esters is 1. The van der Waals surface area contributed by atoms with Crippen LogP contribution in [-0.2, 0) is 9.53 Å². The van der Waals surface area contributed by atoms with Gasteiger partial charge in [-0.2, -0.15) is 0 Å². The Kier molecular flexibility index (Phi) is 6.29. The highest BCUT2D eigenvalue weighted by Crippen LogP contribution is 2.03. The minimum Gasteiger partial charge on any atom is -1.00 e. The van der Waals surface area contributed by atoms with E-state index in [0.717, 1.165) is 0 Å². The van der Waals surface area contributed by atoms with Crippen molar-refractivity contribution >= 4 is 5.97 Å². The molecule has 0 aromatic heterocycles. The normalized spacial score (nSPS) is 12.7. The topological polar surface area (TPSA) is 26.3 Å². The number of hydrogen-bond donors (Lipinski definition) is 0. The Bertz CT molecular complexity index is 163. The minimum absolute atomic E-state index is 0. The van der Waals surface area contributed by atoms with E-state index in [0.29, 0.717) is 4.48 Å². The van der Waals surface area contributed by atoms with Crippen molar-refractivity contribution in [3.8, 4) is 0 Å². The number of nitrogens with zero attached hydrogens (tertiary/aromatic N) is 1. The van der Waals surface area contributed by atoms with Crippen LogP contribution in [0.3, 0.4) is 0 Å². The summed E-state index contributed by atoms with van der Waals surface area (Å²) in [4.78, 5) is 10.7. The zero-order valence-corrected chi connectivity index (χ0v) is 9.59. The summed E-state index contributed by atoms with van der Waals surface area (Å²) in [5.74, 6) is -0.370. The Morgan fingerprint density at radius 3 is 2.17 bits per heavy atom. The minimum atomic E-state index is -0.370. The summed E-state index contributed by atoms with van der Waals surface area (Å²) in [5, 5.41) is 0. The molecular weight excluding hydrogens is 222 g/mol. The standard InChI is InChI=1S/C8H16NO2.BrH/c1-6-8(10)11-7(2)9(3,4)5;/h6-7H,1H2,2-5H3;1H/q+1;/p-1. The van der Waals surface area contributed by atoms with Crippen LogP contribution in [0.2, 0.25) is 0 Å². The van der Waals surface area contributed by atoms with Crippen molar-refractivity contribution in [3.63, 3.8) is 0 Å². The maximum atomic E-state index is 10.7. The Balaban J connectivity index is 0. The van der Waals surface area contributed by atoms with E-state index < -0.39 is 0 Å². The second kappa shape index (κ2) is 5.32. The van der Waals surface area contributed by atoms with E-state index in [9.17, 15) is 4.79 Å². The van der Waals surface area contributed by atoms with Gasteiger partial charge in [-0.15, -0.1) is 0 Å². The van der Waals surface area contributed by atoms with Crippen molar-refractivity contribution in [2.45, 2.75) is 13.2 Å². The number of carbonyl (C=O) groups excluding carboxylic acids is 1. The number of quaternary nitrogens is 1. The third-order valence-corrected chi connectivity index (χ3v) is 1.54. The van der Waals surface area contributed by atoms with Crippen LogP contribution >= 0.6 is 0 Å². The van der Waals surface area contributed by atoms with E-state index in [1.165, 1.54) is 6.08 Å². The van der Waals surface area contributed by atoms with Crippen LogP contribution in [0, 0.1) is 0 Å². The lowest BCUT2D eigenvalue weighted by atomic mass is 10.5. The Hall–Kier alpha value is -0.350. The zero-order valence-electron chi connectivity index (χ0n) is 8.00. The first-order chi connectivity index (χ1) is 4.88. The van der Waals surface area contributed by atoms with Gasteiger partial charge in [0.25, 0.3) is 0 Å². The SMILES string of the molecule is C=CC(=O)OC(C)[N+](C)(C)C.[Br-]. The first-order valence-electron chi connectivity index (χ1n) is 3.52. The van der Waals surface area contributed by atoms with Crippen molar-refractivity contribution in [1.29, 1.82) is 0 Å². The molecular formula is C8H16BrNO2. The summed E-state index contributed by atoms with van der Waals surface area (Å²) in [6, 6.07) is 0. The maximum Gasteiger partial charge on any atom is 0.334 e. The van der Waals surface area contributed by atoms with E-state index in [-0.39, 0.29) is 29.2 Å². The fraction of sp³-hybridized carbons (Fsp3) is 0.625. The first kappa shape index (κ1) is 14.2. The number of ether oxygens (including phenoxy) is 1. The molecule has 12 heavy (non-hydrogen) atoms. The first-order valence-corrected chi connectivity index (χ1v) is 3.52. The summed E-state index contributed by atoms with van der Waals surface area (Å²) >= 11 is 0. The fourth-order valence-electron chi connectivity index (χ4n) is 0.374. The van der Waals surface area contributed by atoms with Crippen molar-refractivity contribution < 1.29 is 31.0 Å². The molecule has 0 saturated heterocycles. The van der Waals surface area contributed by atoms with Gasteiger partial charge in [0.15, 0.2) is 0 Å². The molecule has 0 radical (unpaired) electrons. The highest BCUT2D eigenvalue weighted by Gasteiger charge is 2.20. The predicted molar refractivity (Wildman–Crippen MR) is 43.8 cm³/mol. The van der Waals surface area contributed by atoms with Crippen LogP contribution in [0.1, 0.15) is 6.92 Å². The average molecular weight is 238 g/mol. The molecule has 0 aliphatic rings. The van der Waals surface area contributed by atoms with Gasteiger partial charge in [-0.1, -0.05) is 6.58 Å². The lowest BCUT2D eigenvalue weighted by Gasteiger charge is -2.29. The van der Waals surface area contributed by atoms with Crippen molar-refractivity contribution in [2.24, 2.45) is 0 Å². The molecule has 0 aliphatic heterocycles. The van der Waals surface area contributed by atoms with E-state index in [1.807, 2.05) is 28.1 Å². The van der Waals surface area contributed by atoms with Gasteiger partial charge < -0.3 is 21.7 Å². The molecule has 72 valence electrons. The third-order valence-electron chi connectivity index (χ3n) is 1.54. The van der Waals surface area contributed by atoms with Gasteiger partial charge in [-0.3, -0.25) is 4.48 Å². The molecule has 0 amide bonds. The predicted octanol–water partition coefficient (Wildman–Crippen LogP) is -2.23. The van der Waals surface area contributed by atoms with Gasteiger partial charge in [-0.25, -0.2) is 4.79 Å². The Morgan fingerprint density at radius 1 is 1.50 bits per heavy atom. The number of halogens is 1. The van der Waals surface area contributed by atoms with Crippen molar-refractivity contribution in [2.75, 3.05) is 21.1 Å². The van der Waals surface area contributed by atoms with E-state index >= 15 is 0 Å². The van der Waals surface area contributed by atoms with E-state index in [1.54, 1.807) is 0 Å². The lowest BCUT2D eigenvalue weighted by molar-refractivity contribution is -0.914. The Labute approximate surface area is 84.4 Å². The summed E-state index contributed by atoms with van der Waals surface area (Å²) in [6.07, 6.45) is 1.03. The van der Waals surface area contributed by atoms with Crippen LogP contribution in [0.5, 0.6) is 0 Å². The van der Waals surface area contributed by atoms with Gasteiger partial charge in [0.05, 0.1) is 21.1 Å². The molecule has 0 N–H and O–H groups in total. The van der Waals surface area contributed by atoms with Gasteiger partial charge >= 0.3 is 5.97 Å².